The van der Waals surface area contributed by atoms with Gasteiger partial charge < -0.3 is 10.1 Å². The molecule has 0 spiro atoms. The van der Waals surface area contributed by atoms with E-state index in [4.69, 9.17) is 4.74 Å². The lowest BCUT2D eigenvalue weighted by Crippen LogP contribution is -2.33. The summed E-state index contributed by atoms with van der Waals surface area (Å²) in [6.45, 7) is 3.22. The predicted molar refractivity (Wildman–Crippen MR) is 53.2 cm³/mol. The Morgan fingerprint density at radius 3 is 3.07 bits per heavy atom. The highest BCUT2D eigenvalue weighted by Crippen LogP contribution is 2.34. The van der Waals surface area contributed by atoms with E-state index in [0.29, 0.717) is 5.88 Å². The summed E-state index contributed by atoms with van der Waals surface area (Å²) >= 11 is 0. The molecule has 1 fully saturated rings. The van der Waals surface area contributed by atoms with Crippen LogP contribution in [0.3, 0.4) is 0 Å². The van der Waals surface area contributed by atoms with E-state index >= 15 is 0 Å². The number of ether oxygens (including phenoxy) is 1. The third-order valence-electron chi connectivity index (χ3n) is 2.83. The van der Waals surface area contributed by atoms with E-state index in [2.05, 4.69) is 22.2 Å². The lowest BCUT2D eigenvalue weighted by atomic mass is 9.92. The minimum absolute atomic E-state index is 0.0212. The van der Waals surface area contributed by atoms with Crippen LogP contribution in [-0.2, 0) is 5.54 Å². The van der Waals surface area contributed by atoms with E-state index in [0.717, 1.165) is 18.5 Å². The topological polar surface area (TPSA) is 47.0 Å². The van der Waals surface area contributed by atoms with Crippen molar-refractivity contribution in [2.45, 2.75) is 25.3 Å². The van der Waals surface area contributed by atoms with E-state index in [9.17, 15) is 0 Å². The van der Waals surface area contributed by atoms with Gasteiger partial charge in [-0.05, 0) is 26.3 Å². The van der Waals surface area contributed by atoms with Gasteiger partial charge in [-0.3, -0.25) is 0 Å². The molecule has 1 saturated heterocycles. The maximum Gasteiger partial charge on any atom is 0.221 e. The summed E-state index contributed by atoms with van der Waals surface area (Å²) in [5.74, 6) is 0.678. The molecule has 1 aromatic heterocycles. The van der Waals surface area contributed by atoms with E-state index in [1.165, 1.54) is 12.7 Å². The molecule has 2 heterocycles. The minimum Gasteiger partial charge on any atom is -0.481 e. The third-order valence-corrected chi connectivity index (χ3v) is 2.83. The molecule has 0 amide bonds. The first-order chi connectivity index (χ1) is 6.76. The molecule has 4 nitrogen and oxygen atoms in total. The van der Waals surface area contributed by atoms with Crippen molar-refractivity contribution < 1.29 is 4.74 Å². The van der Waals surface area contributed by atoms with Crippen LogP contribution in [0.1, 0.15) is 25.3 Å². The zero-order valence-electron chi connectivity index (χ0n) is 8.58. The SMILES string of the molecule is COc1ncncc1C1(C)CCCN1. The van der Waals surface area contributed by atoms with Crippen molar-refractivity contribution in [3.05, 3.63) is 18.1 Å². The molecule has 76 valence electrons. The van der Waals surface area contributed by atoms with Gasteiger partial charge in [0.1, 0.15) is 6.33 Å². The van der Waals surface area contributed by atoms with Gasteiger partial charge in [0.05, 0.1) is 12.7 Å². The fourth-order valence-corrected chi connectivity index (χ4v) is 1.98. The highest BCUT2D eigenvalue weighted by molar-refractivity contribution is 5.31. The summed E-state index contributed by atoms with van der Waals surface area (Å²) in [5, 5.41) is 3.46. The smallest absolute Gasteiger partial charge is 0.221 e. The molecule has 1 aromatic rings. The third kappa shape index (κ3) is 1.46. The van der Waals surface area contributed by atoms with Gasteiger partial charge in [0.25, 0.3) is 0 Å². The average Bonchev–Trinajstić information content (AvgIpc) is 2.66. The molecule has 1 unspecified atom stereocenters. The molecular formula is C10H15N3O. The molecular weight excluding hydrogens is 178 g/mol. The van der Waals surface area contributed by atoms with Crippen LogP contribution in [0.25, 0.3) is 0 Å². The number of hydrogen-bond acceptors (Lipinski definition) is 4. The lowest BCUT2D eigenvalue weighted by Gasteiger charge is -2.25. The minimum atomic E-state index is -0.0212. The van der Waals surface area contributed by atoms with Crippen LogP contribution < -0.4 is 10.1 Å². The molecule has 0 aromatic carbocycles. The molecule has 1 aliphatic rings. The first-order valence-corrected chi connectivity index (χ1v) is 4.86. The molecule has 14 heavy (non-hydrogen) atoms. The maximum absolute atomic E-state index is 5.23. The Bertz CT molecular complexity index is 321. The van der Waals surface area contributed by atoms with Crippen molar-refractivity contribution in [3.63, 3.8) is 0 Å². The Labute approximate surface area is 83.7 Å². The Morgan fingerprint density at radius 1 is 1.57 bits per heavy atom. The number of rotatable bonds is 2. The summed E-state index contributed by atoms with van der Waals surface area (Å²) in [6.07, 6.45) is 5.65. The quantitative estimate of drug-likeness (QED) is 0.763. The van der Waals surface area contributed by atoms with E-state index < -0.39 is 0 Å². The summed E-state index contributed by atoms with van der Waals surface area (Å²) in [6, 6.07) is 0. The van der Waals surface area contributed by atoms with Crippen LogP contribution in [0.4, 0.5) is 0 Å². The first-order valence-electron chi connectivity index (χ1n) is 4.86. The second-order valence-corrected chi connectivity index (χ2v) is 3.81. The molecule has 1 atom stereocenters. The number of hydrogen-bond donors (Lipinski definition) is 1. The van der Waals surface area contributed by atoms with Crippen molar-refractivity contribution >= 4 is 0 Å². The fraction of sp³-hybridized carbons (Fsp3) is 0.600. The molecule has 1 N–H and O–H groups in total. The number of nitrogens with one attached hydrogen (secondary N) is 1. The zero-order valence-corrected chi connectivity index (χ0v) is 8.58. The first kappa shape index (κ1) is 9.40. The highest BCUT2D eigenvalue weighted by atomic mass is 16.5. The second kappa shape index (κ2) is 3.53. The van der Waals surface area contributed by atoms with Gasteiger partial charge in [0.2, 0.25) is 5.88 Å². The highest BCUT2D eigenvalue weighted by Gasteiger charge is 2.33. The monoisotopic (exact) mass is 193 g/mol. The second-order valence-electron chi connectivity index (χ2n) is 3.81. The van der Waals surface area contributed by atoms with Crippen LogP contribution in [0.2, 0.25) is 0 Å². The lowest BCUT2D eigenvalue weighted by molar-refractivity contribution is 0.356. The molecule has 4 heteroatoms. The molecule has 0 saturated carbocycles. The summed E-state index contributed by atoms with van der Waals surface area (Å²) in [4.78, 5) is 8.17. The van der Waals surface area contributed by atoms with Crippen molar-refractivity contribution in [1.29, 1.82) is 0 Å². The van der Waals surface area contributed by atoms with E-state index in [-0.39, 0.29) is 5.54 Å². The van der Waals surface area contributed by atoms with Crippen LogP contribution >= 0.6 is 0 Å². The number of nitrogens with zero attached hydrogens (tertiary/aromatic N) is 2. The normalized spacial score (nSPS) is 26.4. The Hall–Kier alpha value is -1.16. The van der Waals surface area contributed by atoms with E-state index in [1.807, 2.05) is 6.20 Å². The van der Waals surface area contributed by atoms with Gasteiger partial charge in [-0.2, -0.15) is 0 Å². The van der Waals surface area contributed by atoms with Crippen LogP contribution in [-0.4, -0.2) is 23.6 Å². The predicted octanol–water partition coefficient (Wildman–Crippen LogP) is 1.08. The maximum atomic E-state index is 5.23. The van der Waals surface area contributed by atoms with E-state index in [1.54, 1.807) is 7.11 Å². The van der Waals surface area contributed by atoms with Crippen molar-refractivity contribution in [3.8, 4) is 5.88 Å². The Morgan fingerprint density at radius 2 is 2.43 bits per heavy atom. The summed E-state index contributed by atoms with van der Waals surface area (Å²) in [5.41, 5.74) is 1.03. The van der Waals surface area contributed by atoms with Gasteiger partial charge in [-0.15, -0.1) is 0 Å². The molecule has 2 rings (SSSR count). The van der Waals surface area contributed by atoms with Crippen molar-refractivity contribution in [1.82, 2.24) is 15.3 Å². The standard InChI is InChI=1S/C10H15N3O/c1-10(4-3-5-13-10)8-6-11-7-12-9(8)14-2/h6-7,13H,3-5H2,1-2H3. The zero-order chi connectivity index (χ0) is 10.0. The Balaban J connectivity index is 2.39. The van der Waals surface area contributed by atoms with Crippen molar-refractivity contribution in [2.75, 3.05) is 13.7 Å². The van der Waals surface area contributed by atoms with Gasteiger partial charge in [-0.25, -0.2) is 9.97 Å². The number of methoxy groups -OCH3 is 1. The van der Waals surface area contributed by atoms with Crippen LogP contribution in [0.5, 0.6) is 5.88 Å². The van der Waals surface area contributed by atoms with Gasteiger partial charge >= 0.3 is 0 Å². The van der Waals surface area contributed by atoms with Gasteiger partial charge in [0, 0.05) is 11.7 Å². The molecule has 1 aliphatic heterocycles. The van der Waals surface area contributed by atoms with Gasteiger partial charge in [-0.1, -0.05) is 0 Å². The Kier molecular flexibility index (Phi) is 2.37. The molecule has 0 radical (unpaired) electrons. The summed E-state index contributed by atoms with van der Waals surface area (Å²) < 4.78 is 5.23. The molecule has 0 aliphatic carbocycles. The average molecular weight is 193 g/mol. The molecule has 0 bridgehead atoms. The van der Waals surface area contributed by atoms with Crippen molar-refractivity contribution in [2.24, 2.45) is 0 Å². The fourth-order valence-electron chi connectivity index (χ4n) is 1.98. The largest absolute Gasteiger partial charge is 0.481 e. The van der Waals surface area contributed by atoms with Crippen LogP contribution in [0, 0.1) is 0 Å². The van der Waals surface area contributed by atoms with Gasteiger partial charge in [0.15, 0.2) is 0 Å². The van der Waals surface area contributed by atoms with Crippen LogP contribution in [0.15, 0.2) is 12.5 Å². The number of aromatic nitrogens is 2. The summed E-state index contributed by atoms with van der Waals surface area (Å²) in [7, 11) is 1.64.